The smallest absolute Gasteiger partial charge is 0.160 e. The van der Waals surface area contributed by atoms with Gasteiger partial charge in [0.2, 0.25) is 0 Å². The molecule has 0 aliphatic carbocycles. The van der Waals surface area contributed by atoms with E-state index in [1.807, 2.05) is 12.1 Å². The Hall–Kier alpha value is -7.56. The molecule has 11 rings (SSSR count). The standard InChI is InChI=1S/C52H33N3O/c1-4-14-34(15-5-1)36-26-28-37(29-27-36)45-33-46(54-52(53-45)39-19-12-18-38(32-39)35-16-6-2-7-17-35)43-24-13-23-41-42-30-31-48-49(51(42)56-50(41)43)44-22-10-11-25-47(44)55(48)40-20-8-3-9-21-40/h1-33H. The summed E-state index contributed by atoms with van der Waals surface area (Å²) in [6.45, 7) is 0. The molecule has 0 atom stereocenters. The fourth-order valence-electron chi connectivity index (χ4n) is 8.16. The van der Waals surface area contributed by atoms with Crippen LogP contribution in [0.15, 0.2) is 205 Å². The van der Waals surface area contributed by atoms with Gasteiger partial charge in [-0.15, -0.1) is 0 Å². The molecule has 0 radical (unpaired) electrons. The lowest BCUT2D eigenvalue weighted by atomic mass is 10.0. The number of nitrogens with zero attached hydrogens (tertiary/aromatic N) is 3. The molecule has 0 aliphatic heterocycles. The predicted molar refractivity (Wildman–Crippen MR) is 231 cm³/mol. The molecular formula is C52H33N3O. The quantitative estimate of drug-likeness (QED) is 0.172. The maximum Gasteiger partial charge on any atom is 0.160 e. The van der Waals surface area contributed by atoms with Gasteiger partial charge in [-0.1, -0.05) is 152 Å². The van der Waals surface area contributed by atoms with Gasteiger partial charge in [0.25, 0.3) is 0 Å². The number of hydrogen-bond acceptors (Lipinski definition) is 3. The number of fused-ring (bicyclic) bond motifs is 7. The molecule has 4 heteroatoms. The second kappa shape index (κ2) is 13.1. The average molecular weight is 716 g/mol. The van der Waals surface area contributed by atoms with Gasteiger partial charge in [-0.2, -0.15) is 0 Å². The summed E-state index contributed by atoms with van der Waals surface area (Å²) in [6.07, 6.45) is 0. The van der Waals surface area contributed by atoms with Crippen LogP contribution in [0.1, 0.15) is 0 Å². The Morgan fingerprint density at radius 3 is 1.71 bits per heavy atom. The molecule has 0 saturated heterocycles. The van der Waals surface area contributed by atoms with E-state index in [4.69, 9.17) is 14.4 Å². The van der Waals surface area contributed by atoms with E-state index in [0.29, 0.717) is 5.82 Å². The van der Waals surface area contributed by atoms with E-state index in [1.54, 1.807) is 0 Å². The number of rotatable bonds is 6. The molecule has 0 unspecified atom stereocenters. The maximum absolute atomic E-state index is 7.07. The highest BCUT2D eigenvalue weighted by Gasteiger charge is 2.21. The van der Waals surface area contributed by atoms with Crippen molar-refractivity contribution in [2.75, 3.05) is 0 Å². The first kappa shape index (κ1) is 31.9. The molecule has 0 N–H and O–H groups in total. The number of aromatic nitrogens is 3. The van der Waals surface area contributed by atoms with Crippen LogP contribution in [0.25, 0.3) is 106 Å². The molecule has 4 nitrogen and oxygen atoms in total. The topological polar surface area (TPSA) is 43.9 Å². The minimum absolute atomic E-state index is 0.656. The maximum atomic E-state index is 7.07. The zero-order valence-electron chi connectivity index (χ0n) is 30.3. The fourth-order valence-corrected chi connectivity index (χ4v) is 8.16. The summed E-state index contributed by atoms with van der Waals surface area (Å²) in [6, 6.07) is 70.0. The van der Waals surface area contributed by atoms with Crippen molar-refractivity contribution in [1.29, 1.82) is 0 Å². The van der Waals surface area contributed by atoms with E-state index in [0.717, 1.165) is 94.2 Å². The van der Waals surface area contributed by atoms with E-state index >= 15 is 0 Å². The van der Waals surface area contributed by atoms with Gasteiger partial charge in [0.05, 0.1) is 27.8 Å². The molecule has 0 fully saturated rings. The summed E-state index contributed by atoms with van der Waals surface area (Å²) in [7, 11) is 0. The lowest BCUT2D eigenvalue weighted by molar-refractivity contribution is 0.674. The Balaban J connectivity index is 1.13. The van der Waals surface area contributed by atoms with Gasteiger partial charge in [0, 0.05) is 38.5 Å². The molecule has 56 heavy (non-hydrogen) atoms. The second-order valence-corrected chi connectivity index (χ2v) is 14.2. The molecule has 0 aliphatic rings. The van der Waals surface area contributed by atoms with Crippen molar-refractivity contribution in [3.05, 3.63) is 200 Å². The summed E-state index contributed by atoms with van der Waals surface area (Å²) in [5.41, 5.74) is 14.2. The summed E-state index contributed by atoms with van der Waals surface area (Å²) in [5, 5.41) is 4.38. The SMILES string of the molecule is c1ccc(-c2ccc(-c3cc(-c4cccc5c4oc4c5ccc5c4c4ccccc4n5-c4ccccc4)nc(-c4cccc(-c5ccccc5)c4)n3)cc2)cc1. The molecule has 0 spiro atoms. The summed E-state index contributed by atoms with van der Waals surface area (Å²) >= 11 is 0. The highest BCUT2D eigenvalue weighted by Crippen LogP contribution is 2.43. The minimum atomic E-state index is 0.656. The van der Waals surface area contributed by atoms with Gasteiger partial charge in [-0.05, 0) is 70.8 Å². The van der Waals surface area contributed by atoms with E-state index in [-0.39, 0.29) is 0 Å². The number of furan rings is 1. The molecule has 8 aromatic carbocycles. The number of para-hydroxylation sites is 3. The monoisotopic (exact) mass is 715 g/mol. The molecule has 0 amide bonds. The zero-order valence-corrected chi connectivity index (χ0v) is 30.3. The Morgan fingerprint density at radius 1 is 0.357 bits per heavy atom. The Kier molecular flexibility index (Phi) is 7.46. The lowest BCUT2D eigenvalue weighted by Gasteiger charge is -2.11. The van der Waals surface area contributed by atoms with Crippen LogP contribution in [0.4, 0.5) is 0 Å². The molecule has 3 heterocycles. The van der Waals surface area contributed by atoms with Crippen molar-refractivity contribution in [3.8, 4) is 61.8 Å². The van der Waals surface area contributed by atoms with Crippen LogP contribution in [0.2, 0.25) is 0 Å². The Bertz CT molecular complexity index is 3220. The third-order valence-corrected chi connectivity index (χ3v) is 10.8. The van der Waals surface area contributed by atoms with Crippen LogP contribution in [-0.2, 0) is 0 Å². The van der Waals surface area contributed by atoms with Crippen LogP contribution >= 0.6 is 0 Å². The van der Waals surface area contributed by atoms with Crippen molar-refractivity contribution in [2.45, 2.75) is 0 Å². The first-order valence-corrected chi connectivity index (χ1v) is 18.9. The summed E-state index contributed by atoms with van der Waals surface area (Å²) in [4.78, 5) is 10.5. The van der Waals surface area contributed by atoms with Crippen LogP contribution in [-0.4, -0.2) is 14.5 Å². The number of benzene rings is 8. The lowest BCUT2D eigenvalue weighted by Crippen LogP contribution is -1.96. The zero-order chi connectivity index (χ0) is 37.0. The Labute approximate surface area is 323 Å². The molecular weight excluding hydrogens is 683 g/mol. The molecule has 0 bridgehead atoms. The van der Waals surface area contributed by atoms with Crippen LogP contribution in [0.5, 0.6) is 0 Å². The Morgan fingerprint density at radius 2 is 0.929 bits per heavy atom. The first-order chi connectivity index (χ1) is 27.8. The van der Waals surface area contributed by atoms with Crippen molar-refractivity contribution in [1.82, 2.24) is 14.5 Å². The average Bonchev–Trinajstić information content (AvgIpc) is 3.83. The molecule has 3 aromatic heterocycles. The van der Waals surface area contributed by atoms with Gasteiger partial charge in [-0.25, -0.2) is 9.97 Å². The van der Waals surface area contributed by atoms with Crippen LogP contribution in [0, 0.1) is 0 Å². The van der Waals surface area contributed by atoms with Crippen LogP contribution in [0.3, 0.4) is 0 Å². The van der Waals surface area contributed by atoms with Gasteiger partial charge in [-0.3, -0.25) is 0 Å². The van der Waals surface area contributed by atoms with Gasteiger partial charge >= 0.3 is 0 Å². The van der Waals surface area contributed by atoms with E-state index < -0.39 is 0 Å². The van der Waals surface area contributed by atoms with Gasteiger partial charge in [0.15, 0.2) is 5.82 Å². The fraction of sp³-hybridized carbons (Fsp3) is 0. The van der Waals surface area contributed by atoms with E-state index in [2.05, 4.69) is 193 Å². The third-order valence-electron chi connectivity index (χ3n) is 10.8. The largest absolute Gasteiger partial charge is 0.455 e. The van der Waals surface area contributed by atoms with Crippen molar-refractivity contribution in [3.63, 3.8) is 0 Å². The highest BCUT2D eigenvalue weighted by atomic mass is 16.3. The molecule has 11 aromatic rings. The summed E-state index contributed by atoms with van der Waals surface area (Å²) in [5.74, 6) is 0.656. The molecule has 0 saturated carbocycles. The first-order valence-electron chi connectivity index (χ1n) is 18.9. The van der Waals surface area contributed by atoms with Crippen molar-refractivity contribution in [2.24, 2.45) is 0 Å². The highest BCUT2D eigenvalue weighted by molar-refractivity contribution is 6.24. The normalized spacial score (nSPS) is 11.6. The van der Waals surface area contributed by atoms with E-state index in [1.165, 1.54) is 5.56 Å². The van der Waals surface area contributed by atoms with Crippen molar-refractivity contribution >= 4 is 43.7 Å². The van der Waals surface area contributed by atoms with E-state index in [9.17, 15) is 0 Å². The van der Waals surface area contributed by atoms with Crippen LogP contribution < -0.4 is 0 Å². The summed E-state index contributed by atoms with van der Waals surface area (Å²) < 4.78 is 9.39. The molecule has 262 valence electrons. The van der Waals surface area contributed by atoms with Gasteiger partial charge < -0.3 is 8.98 Å². The minimum Gasteiger partial charge on any atom is -0.455 e. The predicted octanol–water partition coefficient (Wildman–Crippen LogP) is 13.8. The second-order valence-electron chi connectivity index (χ2n) is 14.2. The van der Waals surface area contributed by atoms with Crippen molar-refractivity contribution < 1.29 is 4.42 Å². The van der Waals surface area contributed by atoms with Gasteiger partial charge in [0.1, 0.15) is 11.2 Å². The third kappa shape index (κ3) is 5.31. The number of hydrogen-bond donors (Lipinski definition) is 0.